The van der Waals surface area contributed by atoms with Crippen molar-refractivity contribution in [1.29, 1.82) is 0 Å². The zero-order chi connectivity index (χ0) is 23.4. The predicted molar refractivity (Wildman–Crippen MR) is 127 cm³/mol. The number of pyridine rings is 1. The van der Waals surface area contributed by atoms with Crippen molar-refractivity contribution < 1.29 is 14.0 Å². The van der Waals surface area contributed by atoms with Crippen LogP contribution in [-0.2, 0) is 4.79 Å². The van der Waals surface area contributed by atoms with Gasteiger partial charge in [0.2, 0.25) is 5.91 Å². The zero-order valence-electron chi connectivity index (χ0n) is 17.9. The van der Waals surface area contributed by atoms with Crippen LogP contribution in [0.1, 0.15) is 16.8 Å². The van der Waals surface area contributed by atoms with Crippen LogP contribution >= 0.6 is 11.6 Å². The molecule has 0 radical (unpaired) electrons. The molecule has 2 N–H and O–H groups in total. The Hall–Kier alpha value is -3.45. The molecule has 1 aliphatic rings. The molecule has 0 bridgehead atoms. The van der Waals surface area contributed by atoms with Crippen molar-refractivity contribution in [2.45, 2.75) is 6.42 Å². The standard InChI is InChI=1S/C25H24ClFN4O2/c26-19-6-4-17(5-7-19)25(33)31(21-10-8-20(27)9-11-21)16-18-15-30(14-12-22(18)24(28)32)23-3-1-2-13-29-23/h1-11,13,18,22H,12,14-16H2,(H2,28,32). The summed E-state index contributed by atoms with van der Waals surface area (Å²) in [5, 5.41) is 0.520. The average Bonchev–Trinajstić information content (AvgIpc) is 2.83. The van der Waals surface area contributed by atoms with Gasteiger partial charge in [-0.05, 0) is 67.1 Å². The van der Waals surface area contributed by atoms with Crippen LogP contribution in [-0.4, -0.2) is 36.4 Å². The molecule has 0 aliphatic carbocycles. The second-order valence-corrected chi connectivity index (χ2v) is 8.53. The van der Waals surface area contributed by atoms with Gasteiger partial charge in [0.25, 0.3) is 5.91 Å². The number of nitrogens with two attached hydrogens (primary N) is 1. The maximum Gasteiger partial charge on any atom is 0.258 e. The van der Waals surface area contributed by atoms with Gasteiger partial charge in [-0.2, -0.15) is 0 Å². The number of rotatable bonds is 6. The Bertz CT molecular complexity index is 1110. The van der Waals surface area contributed by atoms with Crippen LogP contribution in [0.4, 0.5) is 15.9 Å². The number of halogens is 2. The summed E-state index contributed by atoms with van der Waals surface area (Å²) in [7, 11) is 0. The van der Waals surface area contributed by atoms with E-state index in [0.717, 1.165) is 5.82 Å². The Morgan fingerprint density at radius 1 is 1.09 bits per heavy atom. The number of primary amides is 1. The summed E-state index contributed by atoms with van der Waals surface area (Å²) in [5.74, 6) is -0.880. The van der Waals surface area contributed by atoms with Gasteiger partial charge < -0.3 is 15.5 Å². The molecule has 0 saturated carbocycles. The highest BCUT2D eigenvalue weighted by Gasteiger charge is 2.36. The molecule has 2 unspecified atom stereocenters. The van der Waals surface area contributed by atoms with E-state index in [1.54, 1.807) is 47.5 Å². The summed E-state index contributed by atoms with van der Waals surface area (Å²) in [5.41, 5.74) is 6.72. The SMILES string of the molecule is NC(=O)C1CCN(c2ccccn2)CC1CN(C(=O)c1ccc(Cl)cc1)c1ccc(F)cc1. The molecule has 1 aromatic heterocycles. The molecule has 1 fully saturated rings. The topological polar surface area (TPSA) is 79.5 Å². The number of hydrogen-bond acceptors (Lipinski definition) is 4. The first kappa shape index (κ1) is 22.7. The van der Waals surface area contributed by atoms with Crippen LogP contribution in [0.15, 0.2) is 72.9 Å². The number of carbonyl (C=O) groups is 2. The quantitative estimate of drug-likeness (QED) is 0.592. The summed E-state index contributed by atoms with van der Waals surface area (Å²) in [6, 6.07) is 18.0. The molecule has 8 heteroatoms. The van der Waals surface area contributed by atoms with Crippen molar-refractivity contribution in [3.8, 4) is 0 Å². The first-order chi connectivity index (χ1) is 15.9. The van der Waals surface area contributed by atoms with Gasteiger partial charge in [0.1, 0.15) is 11.6 Å². The normalized spacial score (nSPS) is 18.1. The van der Waals surface area contributed by atoms with Crippen molar-refractivity contribution in [1.82, 2.24) is 4.98 Å². The Balaban J connectivity index is 1.66. The maximum atomic E-state index is 13.6. The monoisotopic (exact) mass is 466 g/mol. The summed E-state index contributed by atoms with van der Waals surface area (Å²) in [4.78, 5) is 33.8. The van der Waals surface area contributed by atoms with Gasteiger partial charge in [0, 0.05) is 53.9 Å². The smallest absolute Gasteiger partial charge is 0.258 e. The van der Waals surface area contributed by atoms with E-state index in [1.165, 1.54) is 12.1 Å². The van der Waals surface area contributed by atoms with Crippen LogP contribution in [0.5, 0.6) is 0 Å². The Morgan fingerprint density at radius 2 is 1.82 bits per heavy atom. The summed E-state index contributed by atoms with van der Waals surface area (Å²) in [6.45, 7) is 1.39. The second kappa shape index (κ2) is 10.0. The maximum absolute atomic E-state index is 13.6. The van der Waals surface area contributed by atoms with Crippen LogP contribution in [0.3, 0.4) is 0 Å². The highest BCUT2D eigenvalue weighted by Crippen LogP contribution is 2.30. The minimum absolute atomic E-state index is 0.237. The van der Waals surface area contributed by atoms with E-state index in [4.69, 9.17) is 17.3 Å². The molecule has 2 atom stereocenters. The fourth-order valence-corrected chi connectivity index (χ4v) is 4.38. The molecule has 170 valence electrons. The van der Waals surface area contributed by atoms with Crippen molar-refractivity contribution in [2.24, 2.45) is 17.6 Å². The average molecular weight is 467 g/mol. The summed E-state index contributed by atoms with van der Waals surface area (Å²) >= 11 is 5.98. The second-order valence-electron chi connectivity index (χ2n) is 8.09. The van der Waals surface area contributed by atoms with Crippen molar-refractivity contribution in [3.63, 3.8) is 0 Å². The Morgan fingerprint density at radius 3 is 2.45 bits per heavy atom. The molecule has 3 aromatic rings. The number of piperidine rings is 1. The van der Waals surface area contributed by atoms with E-state index < -0.39 is 17.6 Å². The van der Waals surface area contributed by atoms with E-state index in [0.29, 0.717) is 35.8 Å². The van der Waals surface area contributed by atoms with E-state index in [9.17, 15) is 14.0 Å². The summed E-state index contributed by atoms with van der Waals surface area (Å²) in [6.07, 6.45) is 2.28. The van der Waals surface area contributed by atoms with Crippen molar-refractivity contribution in [2.75, 3.05) is 29.4 Å². The van der Waals surface area contributed by atoms with E-state index >= 15 is 0 Å². The van der Waals surface area contributed by atoms with Gasteiger partial charge in [0.15, 0.2) is 0 Å². The van der Waals surface area contributed by atoms with Gasteiger partial charge >= 0.3 is 0 Å². The third-order valence-corrected chi connectivity index (χ3v) is 6.22. The van der Waals surface area contributed by atoms with Gasteiger partial charge in [-0.15, -0.1) is 0 Å². The third kappa shape index (κ3) is 5.31. The van der Waals surface area contributed by atoms with Gasteiger partial charge in [-0.3, -0.25) is 9.59 Å². The third-order valence-electron chi connectivity index (χ3n) is 5.96. The number of anilines is 2. The lowest BCUT2D eigenvalue weighted by Crippen LogP contribution is -2.50. The number of nitrogens with zero attached hydrogens (tertiary/aromatic N) is 3. The molecular weight excluding hydrogens is 443 g/mol. The molecule has 2 aromatic carbocycles. The van der Waals surface area contributed by atoms with Gasteiger partial charge in [-0.25, -0.2) is 9.37 Å². The number of carbonyl (C=O) groups excluding carboxylic acids is 2. The number of aromatic nitrogens is 1. The number of amides is 2. The number of benzene rings is 2. The molecule has 4 rings (SSSR count). The van der Waals surface area contributed by atoms with Gasteiger partial charge in [0.05, 0.1) is 0 Å². The molecule has 33 heavy (non-hydrogen) atoms. The lowest BCUT2D eigenvalue weighted by Gasteiger charge is -2.40. The highest BCUT2D eigenvalue weighted by atomic mass is 35.5. The molecule has 1 saturated heterocycles. The minimum Gasteiger partial charge on any atom is -0.369 e. The number of hydrogen-bond donors (Lipinski definition) is 1. The highest BCUT2D eigenvalue weighted by molar-refractivity contribution is 6.30. The van der Waals surface area contributed by atoms with Crippen molar-refractivity contribution in [3.05, 3.63) is 89.3 Å². The Kier molecular flexibility index (Phi) is 6.89. The Labute approximate surface area is 196 Å². The van der Waals surface area contributed by atoms with E-state index in [2.05, 4.69) is 9.88 Å². The molecule has 1 aliphatic heterocycles. The van der Waals surface area contributed by atoms with Crippen LogP contribution in [0.2, 0.25) is 5.02 Å². The fraction of sp³-hybridized carbons (Fsp3) is 0.240. The van der Waals surface area contributed by atoms with E-state index in [-0.39, 0.29) is 18.4 Å². The van der Waals surface area contributed by atoms with Crippen LogP contribution < -0.4 is 15.5 Å². The van der Waals surface area contributed by atoms with Crippen LogP contribution in [0.25, 0.3) is 0 Å². The lowest BCUT2D eigenvalue weighted by atomic mass is 9.84. The minimum atomic E-state index is -0.397. The zero-order valence-corrected chi connectivity index (χ0v) is 18.7. The fourth-order valence-electron chi connectivity index (χ4n) is 4.25. The first-order valence-corrected chi connectivity index (χ1v) is 11.1. The summed E-state index contributed by atoms with van der Waals surface area (Å²) < 4.78 is 13.6. The molecule has 2 amide bonds. The predicted octanol–water partition coefficient (Wildman–Crippen LogP) is 4.15. The van der Waals surface area contributed by atoms with Gasteiger partial charge in [-0.1, -0.05) is 17.7 Å². The molecule has 0 spiro atoms. The largest absolute Gasteiger partial charge is 0.369 e. The molecule has 2 heterocycles. The molecule has 6 nitrogen and oxygen atoms in total. The lowest BCUT2D eigenvalue weighted by molar-refractivity contribution is -0.123. The van der Waals surface area contributed by atoms with E-state index in [1.807, 2.05) is 18.2 Å². The van der Waals surface area contributed by atoms with Crippen LogP contribution in [0, 0.1) is 17.7 Å². The first-order valence-electron chi connectivity index (χ1n) is 10.7. The molecular formula is C25H24ClFN4O2. The van der Waals surface area contributed by atoms with Crippen molar-refractivity contribution >= 4 is 34.9 Å².